The zero-order chi connectivity index (χ0) is 15.5. The normalized spacial score (nSPS) is 10.4. The zero-order valence-corrected chi connectivity index (χ0v) is 13.4. The van der Waals surface area contributed by atoms with Gasteiger partial charge in [-0.15, -0.1) is 0 Å². The first-order valence-corrected chi connectivity index (χ1v) is 7.74. The second-order valence-electron chi connectivity index (χ2n) is 5.07. The number of carbonyl (C=O) groups is 1. The SMILES string of the molecule is CCCCNC(=O)COc1ccc(C)nc1CNCCC. The largest absolute Gasteiger partial charge is 0.482 e. The number of nitrogens with one attached hydrogen (secondary N) is 2. The van der Waals surface area contributed by atoms with Crippen LogP contribution in [0.15, 0.2) is 12.1 Å². The fourth-order valence-electron chi connectivity index (χ4n) is 1.84. The maximum Gasteiger partial charge on any atom is 0.257 e. The van der Waals surface area contributed by atoms with Crippen molar-refractivity contribution in [1.82, 2.24) is 15.6 Å². The Hall–Kier alpha value is -1.62. The van der Waals surface area contributed by atoms with E-state index >= 15 is 0 Å². The fourth-order valence-corrected chi connectivity index (χ4v) is 1.84. The van der Waals surface area contributed by atoms with Crippen molar-refractivity contribution in [1.29, 1.82) is 0 Å². The van der Waals surface area contributed by atoms with Gasteiger partial charge in [0.05, 0.1) is 5.69 Å². The smallest absolute Gasteiger partial charge is 0.257 e. The lowest BCUT2D eigenvalue weighted by atomic mass is 10.2. The number of hydrogen-bond donors (Lipinski definition) is 2. The lowest BCUT2D eigenvalue weighted by molar-refractivity contribution is -0.123. The van der Waals surface area contributed by atoms with Crippen LogP contribution in [0.3, 0.4) is 0 Å². The summed E-state index contributed by atoms with van der Waals surface area (Å²) in [6.45, 7) is 8.50. The first-order chi connectivity index (χ1) is 10.2. The Morgan fingerprint density at radius 1 is 1.24 bits per heavy atom. The van der Waals surface area contributed by atoms with Crippen molar-refractivity contribution in [3.8, 4) is 5.75 Å². The van der Waals surface area contributed by atoms with E-state index in [9.17, 15) is 4.79 Å². The summed E-state index contributed by atoms with van der Waals surface area (Å²) >= 11 is 0. The summed E-state index contributed by atoms with van der Waals surface area (Å²) in [4.78, 5) is 16.1. The fraction of sp³-hybridized carbons (Fsp3) is 0.625. The second-order valence-corrected chi connectivity index (χ2v) is 5.07. The molecule has 1 heterocycles. The first-order valence-electron chi connectivity index (χ1n) is 7.74. The molecule has 0 aliphatic heterocycles. The van der Waals surface area contributed by atoms with Crippen LogP contribution in [0.5, 0.6) is 5.75 Å². The molecule has 0 saturated carbocycles. The van der Waals surface area contributed by atoms with Crippen LogP contribution >= 0.6 is 0 Å². The van der Waals surface area contributed by atoms with Gasteiger partial charge in [-0.05, 0) is 38.4 Å². The van der Waals surface area contributed by atoms with E-state index in [1.807, 2.05) is 19.1 Å². The van der Waals surface area contributed by atoms with Crippen molar-refractivity contribution in [2.75, 3.05) is 19.7 Å². The number of aromatic nitrogens is 1. The third-order valence-electron chi connectivity index (χ3n) is 3.00. The average molecular weight is 293 g/mol. The third-order valence-corrected chi connectivity index (χ3v) is 3.00. The molecule has 2 N–H and O–H groups in total. The maximum absolute atomic E-state index is 11.7. The Balaban J connectivity index is 2.50. The Kier molecular flexibility index (Phi) is 8.43. The number of ether oxygens (including phenoxy) is 1. The quantitative estimate of drug-likeness (QED) is 0.649. The Morgan fingerprint density at radius 2 is 2.05 bits per heavy atom. The van der Waals surface area contributed by atoms with Crippen LogP contribution < -0.4 is 15.4 Å². The molecular formula is C16H27N3O2. The molecule has 0 radical (unpaired) electrons. The monoisotopic (exact) mass is 293 g/mol. The minimum atomic E-state index is -0.0866. The van der Waals surface area contributed by atoms with Gasteiger partial charge in [-0.25, -0.2) is 0 Å². The molecule has 5 nitrogen and oxygen atoms in total. The van der Waals surface area contributed by atoms with Gasteiger partial charge in [0, 0.05) is 18.8 Å². The lowest BCUT2D eigenvalue weighted by Crippen LogP contribution is -2.30. The van der Waals surface area contributed by atoms with Gasteiger partial charge in [0.2, 0.25) is 0 Å². The van der Waals surface area contributed by atoms with Gasteiger partial charge in [0.15, 0.2) is 6.61 Å². The number of nitrogens with zero attached hydrogens (tertiary/aromatic N) is 1. The molecule has 0 aliphatic rings. The van der Waals surface area contributed by atoms with E-state index in [0.29, 0.717) is 18.8 Å². The van der Waals surface area contributed by atoms with E-state index in [2.05, 4.69) is 29.5 Å². The van der Waals surface area contributed by atoms with E-state index in [4.69, 9.17) is 4.74 Å². The minimum Gasteiger partial charge on any atom is -0.482 e. The Bertz CT molecular complexity index is 436. The topological polar surface area (TPSA) is 63.2 Å². The van der Waals surface area contributed by atoms with E-state index < -0.39 is 0 Å². The number of rotatable bonds is 10. The van der Waals surface area contributed by atoms with Crippen LogP contribution in [-0.4, -0.2) is 30.6 Å². The predicted octanol–water partition coefficient (Wildman–Crippen LogP) is 2.18. The molecule has 1 aromatic rings. The first kappa shape index (κ1) is 17.4. The summed E-state index contributed by atoms with van der Waals surface area (Å²) in [6, 6.07) is 3.78. The maximum atomic E-state index is 11.7. The molecule has 118 valence electrons. The van der Waals surface area contributed by atoms with Crippen molar-refractivity contribution < 1.29 is 9.53 Å². The van der Waals surface area contributed by atoms with Crippen molar-refractivity contribution in [2.45, 2.75) is 46.6 Å². The van der Waals surface area contributed by atoms with Crippen LogP contribution in [-0.2, 0) is 11.3 Å². The highest BCUT2D eigenvalue weighted by molar-refractivity contribution is 5.77. The van der Waals surface area contributed by atoms with Gasteiger partial charge < -0.3 is 15.4 Å². The van der Waals surface area contributed by atoms with Crippen LogP contribution in [0.25, 0.3) is 0 Å². The molecule has 0 atom stereocenters. The molecule has 1 aromatic heterocycles. The zero-order valence-electron chi connectivity index (χ0n) is 13.4. The molecule has 0 unspecified atom stereocenters. The van der Waals surface area contributed by atoms with E-state index in [0.717, 1.165) is 37.2 Å². The van der Waals surface area contributed by atoms with Crippen LogP contribution in [0.4, 0.5) is 0 Å². The summed E-state index contributed by atoms with van der Waals surface area (Å²) in [7, 11) is 0. The van der Waals surface area contributed by atoms with Crippen LogP contribution in [0, 0.1) is 6.92 Å². The molecule has 1 amide bonds. The summed E-state index contributed by atoms with van der Waals surface area (Å²) in [5.74, 6) is 0.589. The van der Waals surface area contributed by atoms with Gasteiger partial charge in [0.25, 0.3) is 5.91 Å². The lowest BCUT2D eigenvalue weighted by Gasteiger charge is -2.12. The Morgan fingerprint density at radius 3 is 2.76 bits per heavy atom. The summed E-state index contributed by atoms with van der Waals surface area (Å²) in [5.41, 5.74) is 1.80. The summed E-state index contributed by atoms with van der Waals surface area (Å²) < 4.78 is 5.60. The van der Waals surface area contributed by atoms with E-state index in [-0.39, 0.29) is 12.5 Å². The number of pyridine rings is 1. The molecule has 1 rings (SSSR count). The van der Waals surface area contributed by atoms with E-state index in [1.54, 1.807) is 0 Å². The number of unbranched alkanes of at least 4 members (excludes halogenated alkanes) is 1. The van der Waals surface area contributed by atoms with Crippen molar-refractivity contribution in [3.63, 3.8) is 0 Å². The van der Waals surface area contributed by atoms with Gasteiger partial charge in [-0.1, -0.05) is 20.3 Å². The molecule has 0 bridgehead atoms. The molecule has 0 fully saturated rings. The van der Waals surface area contributed by atoms with Gasteiger partial charge >= 0.3 is 0 Å². The third kappa shape index (κ3) is 7.09. The molecule has 5 heteroatoms. The van der Waals surface area contributed by atoms with Gasteiger partial charge in [-0.3, -0.25) is 9.78 Å². The average Bonchev–Trinajstić information content (AvgIpc) is 2.47. The summed E-state index contributed by atoms with van der Waals surface area (Å²) in [6.07, 6.45) is 3.13. The van der Waals surface area contributed by atoms with Crippen molar-refractivity contribution >= 4 is 5.91 Å². The van der Waals surface area contributed by atoms with Crippen LogP contribution in [0.2, 0.25) is 0 Å². The number of carbonyl (C=O) groups excluding carboxylic acids is 1. The van der Waals surface area contributed by atoms with Crippen molar-refractivity contribution in [3.05, 3.63) is 23.5 Å². The van der Waals surface area contributed by atoms with Crippen molar-refractivity contribution in [2.24, 2.45) is 0 Å². The Labute approximate surface area is 127 Å². The predicted molar refractivity (Wildman–Crippen MR) is 84.4 cm³/mol. The standard InChI is InChI=1S/C16H27N3O2/c1-4-6-10-18-16(20)12-21-15-8-7-13(3)19-14(15)11-17-9-5-2/h7-8,17H,4-6,9-12H2,1-3H3,(H,18,20). The summed E-state index contributed by atoms with van der Waals surface area (Å²) in [5, 5.41) is 6.14. The van der Waals surface area contributed by atoms with Gasteiger partial charge in [0.1, 0.15) is 5.75 Å². The second kappa shape index (κ2) is 10.2. The molecule has 0 spiro atoms. The molecule has 21 heavy (non-hydrogen) atoms. The molecule has 0 saturated heterocycles. The highest BCUT2D eigenvalue weighted by Crippen LogP contribution is 2.16. The van der Waals surface area contributed by atoms with E-state index in [1.165, 1.54) is 0 Å². The number of hydrogen-bond acceptors (Lipinski definition) is 4. The minimum absolute atomic E-state index is 0.0369. The molecule has 0 aromatic carbocycles. The molecular weight excluding hydrogens is 266 g/mol. The number of aryl methyl sites for hydroxylation is 1. The van der Waals surface area contributed by atoms with Crippen LogP contribution in [0.1, 0.15) is 44.5 Å². The highest BCUT2D eigenvalue weighted by Gasteiger charge is 2.08. The number of amides is 1. The highest BCUT2D eigenvalue weighted by atomic mass is 16.5. The van der Waals surface area contributed by atoms with Gasteiger partial charge in [-0.2, -0.15) is 0 Å². The molecule has 0 aliphatic carbocycles.